The Morgan fingerprint density at radius 3 is 2.71 bits per heavy atom. The number of carbonyl (C=O) groups is 3. The van der Waals surface area contributed by atoms with Crippen molar-refractivity contribution in [2.45, 2.75) is 13.5 Å². The van der Waals surface area contributed by atoms with Gasteiger partial charge in [-0.2, -0.15) is 0 Å². The van der Waals surface area contributed by atoms with Crippen LogP contribution in [0.25, 0.3) is 6.08 Å². The Kier molecular flexibility index (Phi) is 7.10. The van der Waals surface area contributed by atoms with Gasteiger partial charge >= 0.3 is 12.0 Å². The van der Waals surface area contributed by atoms with E-state index >= 15 is 0 Å². The summed E-state index contributed by atoms with van der Waals surface area (Å²) in [6.07, 6.45) is 1.43. The Labute approximate surface area is 190 Å². The molecule has 1 aliphatic heterocycles. The van der Waals surface area contributed by atoms with Crippen molar-refractivity contribution >= 4 is 46.6 Å². The highest BCUT2D eigenvalue weighted by Crippen LogP contribution is 2.35. The Balaban J connectivity index is 1.86. The van der Waals surface area contributed by atoms with Crippen molar-refractivity contribution in [2.24, 2.45) is 0 Å². The van der Waals surface area contributed by atoms with Crippen LogP contribution in [0.15, 0.2) is 42.1 Å². The highest BCUT2D eigenvalue weighted by Gasteiger charge is 2.34. The summed E-state index contributed by atoms with van der Waals surface area (Å²) in [5.41, 5.74) is 1.16. The molecular formula is C21H18FIN2O6. The van der Waals surface area contributed by atoms with Crippen LogP contribution in [0, 0.1) is 9.39 Å². The van der Waals surface area contributed by atoms with Crippen molar-refractivity contribution in [3.8, 4) is 11.5 Å². The van der Waals surface area contributed by atoms with Crippen LogP contribution in [-0.4, -0.2) is 41.1 Å². The third kappa shape index (κ3) is 5.51. The number of ether oxygens (including phenoxy) is 2. The largest absolute Gasteiger partial charge is 0.490 e. The number of amides is 3. The third-order valence-corrected chi connectivity index (χ3v) is 4.97. The first-order valence-electron chi connectivity index (χ1n) is 9.18. The molecule has 8 nitrogen and oxygen atoms in total. The number of carboxylic acid groups (broad SMARTS) is 1. The van der Waals surface area contributed by atoms with Gasteiger partial charge in [0.25, 0.3) is 5.91 Å². The van der Waals surface area contributed by atoms with Crippen molar-refractivity contribution in [3.63, 3.8) is 0 Å². The van der Waals surface area contributed by atoms with Crippen LogP contribution in [0.2, 0.25) is 0 Å². The van der Waals surface area contributed by atoms with E-state index in [4.69, 9.17) is 14.6 Å². The number of urea groups is 1. The van der Waals surface area contributed by atoms with E-state index in [2.05, 4.69) is 5.32 Å². The van der Waals surface area contributed by atoms with Gasteiger partial charge in [-0.1, -0.05) is 12.1 Å². The van der Waals surface area contributed by atoms with Crippen LogP contribution in [0.1, 0.15) is 18.1 Å². The summed E-state index contributed by atoms with van der Waals surface area (Å²) in [7, 11) is 0. The smallest absolute Gasteiger partial charge is 0.329 e. The average molecular weight is 540 g/mol. The number of carboxylic acids is 1. The summed E-state index contributed by atoms with van der Waals surface area (Å²) < 4.78 is 25.6. The molecule has 0 bridgehead atoms. The van der Waals surface area contributed by atoms with Gasteiger partial charge in [0.15, 0.2) is 11.5 Å². The number of aliphatic carboxylic acids is 1. The number of benzene rings is 2. The second-order valence-electron chi connectivity index (χ2n) is 6.45. The Bertz CT molecular complexity index is 1070. The lowest BCUT2D eigenvalue weighted by atomic mass is 10.1. The van der Waals surface area contributed by atoms with Crippen molar-refractivity contribution < 1.29 is 33.4 Å². The molecule has 0 unspecified atom stereocenters. The molecule has 10 heteroatoms. The van der Waals surface area contributed by atoms with Crippen LogP contribution >= 0.6 is 22.6 Å². The summed E-state index contributed by atoms with van der Waals surface area (Å²) in [6, 6.07) is 8.62. The molecule has 3 amide bonds. The van der Waals surface area contributed by atoms with Crippen molar-refractivity contribution in [1.29, 1.82) is 0 Å². The number of nitrogens with zero attached hydrogens (tertiary/aromatic N) is 1. The molecular weight excluding hydrogens is 522 g/mol. The zero-order chi connectivity index (χ0) is 22.5. The predicted octanol–water partition coefficient (Wildman–Crippen LogP) is 3.39. The molecule has 162 valence electrons. The summed E-state index contributed by atoms with van der Waals surface area (Å²) in [5, 5.41) is 11.2. The molecule has 0 saturated carbocycles. The van der Waals surface area contributed by atoms with Crippen LogP contribution < -0.4 is 14.8 Å². The molecule has 0 aliphatic carbocycles. The molecule has 2 aromatic rings. The molecule has 2 N–H and O–H groups in total. The van der Waals surface area contributed by atoms with E-state index in [1.807, 2.05) is 22.6 Å². The van der Waals surface area contributed by atoms with Gasteiger partial charge < -0.3 is 19.9 Å². The normalized spacial score (nSPS) is 14.7. The number of hydrogen-bond donors (Lipinski definition) is 2. The minimum absolute atomic E-state index is 0.0436. The van der Waals surface area contributed by atoms with E-state index in [1.54, 1.807) is 31.2 Å². The first-order valence-corrected chi connectivity index (χ1v) is 10.3. The lowest BCUT2D eigenvalue weighted by Gasteiger charge is -2.15. The van der Waals surface area contributed by atoms with Gasteiger partial charge in [-0.15, -0.1) is 0 Å². The zero-order valence-corrected chi connectivity index (χ0v) is 18.5. The van der Waals surface area contributed by atoms with E-state index in [9.17, 15) is 18.8 Å². The molecule has 1 fully saturated rings. The lowest BCUT2D eigenvalue weighted by molar-refractivity contribution is -0.140. The van der Waals surface area contributed by atoms with Gasteiger partial charge in [-0.3, -0.25) is 9.59 Å². The molecule has 0 aromatic heterocycles. The molecule has 0 spiro atoms. The SMILES string of the molecule is CCOc1cc(/C=C2/NC(=O)N(CC(=O)O)C2=O)cc(I)c1OCc1cccc(F)c1. The summed E-state index contributed by atoms with van der Waals surface area (Å²) in [4.78, 5) is 35.7. The molecule has 0 radical (unpaired) electrons. The van der Waals surface area contributed by atoms with Gasteiger partial charge in [-0.25, -0.2) is 14.1 Å². The highest BCUT2D eigenvalue weighted by molar-refractivity contribution is 14.1. The van der Waals surface area contributed by atoms with Crippen molar-refractivity contribution in [1.82, 2.24) is 10.2 Å². The van der Waals surface area contributed by atoms with Gasteiger partial charge in [0, 0.05) is 0 Å². The van der Waals surface area contributed by atoms with E-state index in [-0.39, 0.29) is 18.1 Å². The number of carbonyl (C=O) groups excluding carboxylic acids is 2. The standard InChI is InChI=1S/C21H18FIN2O6/c1-2-30-17-9-13(8-16-20(28)25(10-18(26)27)21(29)24-16)7-15(23)19(17)31-11-12-4-3-5-14(22)6-12/h3-9H,2,10-11H2,1H3,(H,24,29)(H,26,27)/b16-8+. The van der Waals surface area contributed by atoms with E-state index in [1.165, 1.54) is 18.2 Å². The quantitative estimate of drug-likeness (QED) is 0.302. The first kappa shape index (κ1) is 22.5. The predicted molar refractivity (Wildman–Crippen MR) is 117 cm³/mol. The fourth-order valence-corrected chi connectivity index (χ4v) is 3.65. The number of hydrogen-bond acceptors (Lipinski definition) is 5. The second kappa shape index (κ2) is 9.77. The maximum Gasteiger partial charge on any atom is 0.329 e. The molecule has 2 aromatic carbocycles. The monoisotopic (exact) mass is 540 g/mol. The summed E-state index contributed by atoms with van der Waals surface area (Å²) in [5.74, 6) is -1.51. The Morgan fingerprint density at radius 1 is 1.26 bits per heavy atom. The Hall–Kier alpha value is -3.15. The molecule has 31 heavy (non-hydrogen) atoms. The van der Waals surface area contributed by atoms with Gasteiger partial charge in [0.2, 0.25) is 0 Å². The topological polar surface area (TPSA) is 105 Å². The van der Waals surface area contributed by atoms with Crippen LogP contribution in [-0.2, 0) is 16.2 Å². The summed E-state index contributed by atoms with van der Waals surface area (Å²) >= 11 is 2.05. The van der Waals surface area contributed by atoms with E-state index < -0.39 is 24.5 Å². The first-order chi connectivity index (χ1) is 14.8. The molecule has 0 atom stereocenters. The van der Waals surface area contributed by atoms with E-state index in [0.717, 1.165) is 0 Å². The number of rotatable bonds is 8. The lowest BCUT2D eigenvalue weighted by Crippen LogP contribution is -2.35. The highest BCUT2D eigenvalue weighted by atomic mass is 127. The van der Waals surface area contributed by atoms with Crippen LogP contribution in [0.5, 0.6) is 11.5 Å². The third-order valence-electron chi connectivity index (χ3n) is 4.17. The molecule has 1 saturated heterocycles. The molecule has 1 heterocycles. The Morgan fingerprint density at radius 2 is 2.03 bits per heavy atom. The number of nitrogens with one attached hydrogen (secondary N) is 1. The summed E-state index contributed by atoms with van der Waals surface area (Å²) in [6.45, 7) is 1.57. The maximum absolute atomic E-state index is 13.4. The van der Waals surface area contributed by atoms with Gasteiger partial charge in [0.05, 0.1) is 10.2 Å². The molecule has 1 aliphatic rings. The van der Waals surface area contributed by atoms with E-state index in [0.29, 0.717) is 37.7 Å². The van der Waals surface area contributed by atoms with Gasteiger partial charge in [-0.05, 0) is 71.0 Å². The fourth-order valence-electron chi connectivity index (χ4n) is 2.87. The maximum atomic E-state index is 13.4. The fraction of sp³-hybridized carbons (Fsp3) is 0.190. The van der Waals surface area contributed by atoms with Crippen LogP contribution in [0.3, 0.4) is 0 Å². The van der Waals surface area contributed by atoms with Crippen LogP contribution in [0.4, 0.5) is 9.18 Å². The van der Waals surface area contributed by atoms with Gasteiger partial charge in [0.1, 0.15) is 24.7 Å². The number of halogens is 2. The van der Waals surface area contributed by atoms with Crippen molar-refractivity contribution in [2.75, 3.05) is 13.2 Å². The minimum atomic E-state index is -1.29. The second-order valence-corrected chi connectivity index (χ2v) is 7.62. The number of imide groups is 1. The zero-order valence-electron chi connectivity index (χ0n) is 16.4. The average Bonchev–Trinajstić information content (AvgIpc) is 2.94. The van der Waals surface area contributed by atoms with Crippen molar-refractivity contribution in [3.05, 3.63) is 62.6 Å². The molecule has 3 rings (SSSR count). The minimum Gasteiger partial charge on any atom is -0.490 e.